The highest BCUT2D eigenvalue weighted by molar-refractivity contribution is 7.91. The number of carbonyl (C=O) groups is 1. The SMILES string of the molecule is COc1ccc(S(=O)(=O)CC(C)C(=O)NCCCN2CCNCC2)cc1.Cl. The Labute approximate surface area is 168 Å². The van der Waals surface area contributed by atoms with Gasteiger partial charge in [0.05, 0.1) is 17.8 Å². The molecule has 1 fully saturated rings. The van der Waals surface area contributed by atoms with Crippen molar-refractivity contribution >= 4 is 28.2 Å². The molecule has 27 heavy (non-hydrogen) atoms. The van der Waals surface area contributed by atoms with Gasteiger partial charge in [-0.15, -0.1) is 12.4 Å². The lowest BCUT2D eigenvalue weighted by Crippen LogP contribution is -2.44. The highest BCUT2D eigenvalue weighted by Crippen LogP contribution is 2.18. The summed E-state index contributed by atoms with van der Waals surface area (Å²) < 4.78 is 29.9. The summed E-state index contributed by atoms with van der Waals surface area (Å²) in [5.41, 5.74) is 0. The molecule has 1 heterocycles. The first-order chi connectivity index (χ1) is 12.4. The molecule has 2 N–H and O–H groups in total. The van der Waals surface area contributed by atoms with Crippen molar-refractivity contribution < 1.29 is 17.9 Å². The third-order valence-electron chi connectivity index (χ3n) is 4.50. The summed E-state index contributed by atoms with van der Waals surface area (Å²) in [5, 5.41) is 6.15. The number of benzene rings is 1. The number of hydrogen-bond donors (Lipinski definition) is 2. The van der Waals surface area contributed by atoms with Crippen LogP contribution in [0, 0.1) is 5.92 Å². The second kappa shape index (κ2) is 11.5. The number of ether oxygens (including phenoxy) is 1. The Morgan fingerprint density at radius 1 is 1.26 bits per heavy atom. The van der Waals surface area contributed by atoms with Crippen LogP contribution in [0.2, 0.25) is 0 Å². The van der Waals surface area contributed by atoms with E-state index < -0.39 is 15.8 Å². The molecule has 1 atom stereocenters. The van der Waals surface area contributed by atoms with E-state index in [-0.39, 0.29) is 29.0 Å². The number of sulfone groups is 1. The van der Waals surface area contributed by atoms with Gasteiger partial charge >= 0.3 is 0 Å². The van der Waals surface area contributed by atoms with Crippen molar-refractivity contribution in [3.63, 3.8) is 0 Å². The van der Waals surface area contributed by atoms with Crippen LogP contribution in [0.4, 0.5) is 0 Å². The van der Waals surface area contributed by atoms with Gasteiger partial charge in [-0.05, 0) is 37.2 Å². The molecular weight excluding hydrogens is 390 g/mol. The van der Waals surface area contributed by atoms with Crippen LogP contribution in [-0.4, -0.2) is 71.4 Å². The largest absolute Gasteiger partial charge is 0.497 e. The predicted octanol–water partition coefficient (Wildman–Crippen LogP) is 0.938. The maximum atomic E-state index is 12.4. The smallest absolute Gasteiger partial charge is 0.223 e. The lowest BCUT2D eigenvalue weighted by molar-refractivity contribution is -0.123. The van der Waals surface area contributed by atoms with E-state index in [9.17, 15) is 13.2 Å². The molecule has 1 aliphatic heterocycles. The second-order valence-corrected chi connectivity index (χ2v) is 8.63. The molecule has 7 nitrogen and oxygen atoms in total. The Hall–Kier alpha value is -1.35. The zero-order valence-corrected chi connectivity index (χ0v) is 17.6. The molecule has 0 saturated carbocycles. The number of halogens is 1. The summed E-state index contributed by atoms with van der Waals surface area (Å²) in [7, 11) is -1.98. The first-order valence-electron chi connectivity index (χ1n) is 9.00. The zero-order valence-electron chi connectivity index (χ0n) is 15.9. The van der Waals surface area contributed by atoms with Crippen LogP contribution in [0.5, 0.6) is 5.75 Å². The molecule has 0 bridgehead atoms. The second-order valence-electron chi connectivity index (χ2n) is 6.59. The maximum Gasteiger partial charge on any atom is 0.223 e. The van der Waals surface area contributed by atoms with E-state index in [2.05, 4.69) is 15.5 Å². The average Bonchev–Trinajstić information content (AvgIpc) is 2.65. The van der Waals surface area contributed by atoms with E-state index in [0.717, 1.165) is 39.1 Å². The van der Waals surface area contributed by atoms with Crippen molar-refractivity contribution in [3.8, 4) is 5.75 Å². The fourth-order valence-corrected chi connectivity index (χ4v) is 4.46. The van der Waals surface area contributed by atoms with Gasteiger partial charge in [0.25, 0.3) is 0 Å². The number of methoxy groups -OCH3 is 1. The lowest BCUT2D eigenvalue weighted by Gasteiger charge is -2.27. The van der Waals surface area contributed by atoms with Crippen LogP contribution >= 0.6 is 12.4 Å². The topological polar surface area (TPSA) is 87.7 Å². The molecule has 1 saturated heterocycles. The lowest BCUT2D eigenvalue weighted by atomic mass is 10.2. The van der Waals surface area contributed by atoms with E-state index in [1.807, 2.05) is 0 Å². The number of rotatable bonds is 9. The Balaban J connectivity index is 0.00000364. The molecular formula is C18H30ClN3O4S. The molecule has 1 unspecified atom stereocenters. The molecule has 9 heteroatoms. The molecule has 0 spiro atoms. The number of hydrogen-bond acceptors (Lipinski definition) is 6. The van der Waals surface area contributed by atoms with Gasteiger partial charge in [-0.1, -0.05) is 6.92 Å². The van der Waals surface area contributed by atoms with E-state index >= 15 is 0 Å². The fraction of sp³-hybridized carbons (Fsp3) is 0.611. The van der Waals surface area contributed by atoms with E-state index in [0.29, 0.717) is 12.3 Å². The zero-order chi connectivity index (χ0) is 19.0. The first-order valence-corrected chi connectivity index (χ1v) is 10.6. The van der Waals surface area contributed by atoms with Gasteiger partial charge in [-0.2, -0.15) is 0 Å². The van der Waals surface area contributed by atoms with Gasteiger partial charge in [0.1, 0.15) is 5.75 Å². The van der Waals surface area contributed by atoms with Crippen molar-refractivity contribution in [2.24, 2.45) is 5.92 Å². The Bertz CT molecular complexity index is 676. The van der Waals surface area contributed by atoms with Crippen LogP contribution in [-0.2, 0) is 14.6 Å². The molecule has 1 amide bonds. The van der Waals surface area contributed by atoms with Crippen LogP contribution in [0.15, 0.2) is 29.2 Å². The monoisotopic (exact) mass is 419 g/mol. The van der Waals surface area contributed by atoms with Gasteiger partial charge < -0.3 is 20.3 Å². The standard InChI is InChI=1S/C18H29N3O4S.ClH/c1-15(14-26(23,24)17-6-4-16(25-2)5-7-17)18(22)20-8-3-11-21-12-9-19-10-13-21;/h4-7,15,19H,3,8-14H2,1-2H3,(H,20,22);1H. The summed E-state index contributed by atoms with van der Waals surface area (Å²) in [6.45, 7) is 7.23. The van der Waals surface area contributed by atoms with Gasteiger partial charge in [0, 0.05) is 38.6 Å². The van der Waals surface area contributed by atoms with E-state index in [4.69, 9.17) is 4.74 Å². The van der Waals surface area contributed by atoms with E-state index in [1.165, 1.54) is 19.2 Å². The molecule has 0 radical (unpaired) electrons. The molecule has 1 aromatic carbocycles. The molecule has 0 aliphatic carbocycles. The van der Waals surface area contributed by atoms with Crippen molar-refractivity contribution in [2.45, 2.75) is 18.2 Å². The van der Waals surface area contributed by atoms with Crippen molar-refractivity contribution in [1.29, 1.82) is 0 Å². The van der Waals surface area contributed by atoms with E-state index in [1.54, 1.807) is 19.1 Å². The molecule has 1 aliphatic rings. The number of amides is 1. The summed E-state index contributed by atoms with van der Waals surface area (Å²) in [4.78, 5) is 14.8. The fourth-order valence-electron chi connectivity index (χ4n) is 2.91. The molecule has 1 aromatic rings. The Morgan fingerprint density at radius 2 is 1.89 bits per heavy atom. The van der Waals surface area contributed by atoms with Crippen LogP contribution < -0.4 is 15.4 Å². The quantitative estimate of drug-likeness (QED) is 0.579. The van der Waals surface area contributed by atoms with Crippen molar-refractivity contribution in [2.75, 3.05) is 52.1 Å². The molecule has 154 valence electrons. The van der Waals surface area contributed by atoms with Crippen LogP contribution in [0.25, 0.3) is 0 Å². The highest BCUT2D eigenvalue weighted by Gasteiger charge is 2.23. The number of nitrogens with one attached hydrogen (secondary N) is 2. The third kappa shape index (κ3) is 7.65. The average molecular weight is 420 g/mol. The highest BCUT2D eigenvalue weighted by atomic mass is 35.5. The van der Waals surface area contributed by atoms with Crippen molar-refractivity contribution in [1.82, 2.24) is 15.5 Å². The predicted molar refractivity (Wildman–Crippen MR) is 108 cm³/mol. The third-order valence-corrected chi connectivity index (χ3v) is 6.42. The minimum atomic E-state index is -3.51. The normalized spacial score (nSPS) is 16.2. The first kappa shape index (κ1) is 23.7. The summed E-state index contributed by atoms with van der Waals surface area (Å²) in [5.74, 6) is -0.425. The van der Waals surface area contributed by atoms with Crippen LogP contribution in [0.3, 0.4) is 0 Å². The van der Waals surface area contributed by atoms with Crippen molar-refractivity contribution in [3.05, 3.63) is 24.3 Å². The number of nitrogens with zero attached hydrogens (tertiary/aromatic N) is 1. The van der Waals surface area contributed by atoms with Gasteiger partial charge in [-0.25, -0.2) is 8.42 Å². The minimum absolute atomic E-state index is 0. The summed E-state index contributed by atoms with van der Waals surface area (Å²) in [6, 6.07) is 6.22. The Kier molecular flexibility index (Phi) is 10.1. The Morgan fingerprint density at radius 3 is 2.48 bits per heavy atom. The van der Waals surface area contributed by atoms with Gasteiger partial charge in [-0.3, -0.25) is 4.79 Å². The van der Waals surface area contributed by atoms with Gasteiger partial charge in [0.2, 0.25) is 5.91 Å². The van der Waals surface area contributed by atoms with Gasteiger partial charge in [0.15, 0.2) is 9.84 Å². The maximum absolute atomic E-state index is 12.4. The summed E-state index contributed by atoms with van der Waals surface area (Å²) in [6.07, 6.45) is 0.865. The van der Waals surface area contributed by atoms with Crippen LogP contribution in [0.1, 0.15) is 13.3 Å². The molecule has 2 rings (SSSR count). The molecule has 0 aromatic heterocycles. The number of carbonyl (C=O) groups excluding carboxylic acids is 1. The number of piperazine rings is 1. The summed E-state index contributed by atoms with van der Waals surface area (Å²) >= 11 is 0. The minimum Gasteiger partial charge on any atom is -0.497 e.